The van der Waals surface area contributed by atoms with Gasteiger partial charge >= 0.3 is 0 Å². The predicted octanol–water partition coefficient (Wildman–Crippen LogP) is 6.69. The Balaban J connectivity index is 0.000000121. The number of benzene rings is 4. The van der Waals surface area contributed by atoms with Gasteiger partial charge in [-0.3, -0.25) is 0 Å². The fraction of sp³-hybridized carbons (Fsp3) is 0. The van der Waals surface area contributed by atoms with Crippen molar-refractivity contribution in [1.82, 2.24) is 0 Å². The van der Waals surface area contributed by atoms with E-state index >= 15 is 0 Å². The molecule has 0 atom stereocenters. The topological polar surface area (TPSA) is 0 Å². The number of hydrogen-bond donors (Lipinski definition) is 0. The summed E-state index contributed by atoms with van der Waals surface area (Å²) in [6.07, 6.45) is 0. The van der Waals surface area contributed by atoms with E-state index in [2.05, 4.69) is 97.1 Å². The van der Waals surface area contributed by atoms with Crippen molar-refractivity contribution in [2.24, 2.45) is 0 Å². The van der Waals surface area contributed by atoms with E-state index in [0.717, 1.165) is 0 Å². The Morgan fingerprint density at radius 1 is 0.292 bits per heavy atom. The standard InChI is InChI=1S/C12H8.C12H10/c1-2-4-9(5-3-1)12-8-10-6-7-11(10)12;1-3-7-11(8-4-1)12-9-5-2-6-10-12/h1-8H;1-10H. The molecule has 0 saturated carbocycles. The molecular formula is C24H18. The van der Waals surface area contributed by atoms with Gasteiger partial charge in [0, 0.05) is 0 Å². The van der Waals surface area contributed by atoms with Crippen LogP contribution in [-0.4, -0.2) is 0 Å². The maximum absolute atomic E-state index is 2.24. The van der Waals surface area contributed by atoms with Crippen molar-refractivity contribution in [3.63, 3.8) is 0 Å². The molecule has 0 fully saturated rings. The highest BCUT2D eigenvalue weighted by Gasteiger charge is 2.16. The monoisotopic (exact) mass is 306 g/mol. The Morgan fingerprint density at radius 2 is 0.750 bits per heavy atom. The van der Waals surface area contributed by atoms with E-state index in [1.54, 1.807) is 0 Å². The van der Waals surface area contributed by atoms with Crippen LogP contribution in [0.3, 0.4) is 0 Å². The first-order valence-corrected chi connectivity index (χ1v) is 8.22. The van der Waals surface area contributed by atoms with Gasteiger partial charge in [0.25, 0.3) is 0 Å². The van der Waals surface area contributed by atoms with E-state index in [0.29, 0.717) is 0 Å². The van der Waals surface area contributed by atoms with Crippen molar-refractivity contribution in [2.75, 3.05) is 0 Å². The third kappa shape index (κ3) is 2.87. The molecule has 0 radical (unpaired) electrons. The first-order valence-electron chi connectivity index (χ1n) is 8.22. The van der Waals surface area contributed by atoms with Gasteiger partial charge in [0.1, 0.15) is 0 Å². The molecule has 0 nitrogen and oxygen atoms in total. The number of hydrogen-bond acceptors (Lipinski definition) is 0. The maximum atomic E-state index is 2.24. The largest absolute Gasteiger partial charge is 0.0622 e. The molecule has 0 unspecified atom stereocenters. The lowest BCUT2D eigenvalue weighted by Gasteiger charge is -2.20. The van der Waals surface area contributed by atoms with Crippen LogP contribution in [0.4, 0.5) is 0 Å². The van der Waals surface area contributed by atoms with E-state index < -0.39 is 0 Å². The smallest absolute Gasteiger partial charge is 0.00992 e. The Morgan fingerprint density at radius 3 is 1.08 bits per heavy atom. The van der Waals surface area contributed by atoms with E-state index in [4.69, 9.17) is 0 Å². The minimum absolute atomic E-state index is 1.28. The van der Waals surface area contributed by atoms with Gasteiger partial charge in [0.2, 0.25) is 0 Å². The number of rotatable bonds is 2. The predicted molar refractivity (Wildman–Crippen MR) is 103 cm³/mol. The van der Waals surface area contributed by atoms with E-state index in [1.807, 2.05) is 12.1 Å². The summed E-state index contributed by atoms with van der Waals surface area (Å²) in [5, 5.41) is 0. The summed E-state index contributed by atoms with van der Waals surface area (Å²) in [5.74, 6) is 0. The molecule has 0 spiro atoms. The van der Waals surface area contributed by atoms with Crippen LogP contribution in [0, 0.1) is 0 Å². The minimum Gasteiger partial charge on any atom is -0.0622 e. The third-order valence-corrected chi connectivity index (χ3v) is 4.30. The molecule has 0 amide bonds. The first-order chi connectivity index (χ1) is 11.9. The second-order valence-electron chi connectivity index (χ2n) is 5.86. The van der Waals surface area contributed by atoms with Crippen LogP contribution in [0.2, 0.25) is 0 Å². The van der Waals surface area contributed by atoms with Crippen LogP contribution in [0.25, 0.3) is 33.4 Å². The van der Waals surface area contributed by atoms with Crippen molar-refractivity contribution in [3.05, 3.63) is 109 Å². The van der Waals surface area contributed by atoms with Crippen LogP contribution in [-0.2, 0) is 0 Å². The molecule has 0 aromatic heterocycles. The minimum atomic E-state index is 1.28. The summed E-state index contributed by atoms with van der Waals surface area (Å²) >= 11 is 0. The molecule has 0 aliphatic heterocycles. The lowest BCUT2D eigenvalue weighted by atomic mass is 9.83. The normalized spacial score (nSPS) is 10.5. The molecule has 0 heteroatoms. The van der Waals surface area contributed by atoms with Crippen molar-refractivity contribution in [1.29, 1.82) is 0 Å². The van der Waals surface area contributed by atoms with Gasteiger partial charge in [-0.15, -0.1) is 0 Å². The SMILES string of the molecule is c1ccc(-c2cc3ccc2-3)cc1.c1ccc(-c2ccccc2)cc1. The summed E-state index contributed by atoms with van der Waals surface area (Å²) in [7, 11) is 0. The zero-order chi connectivity index (χ0) is 16.2. The van der Waals surface area contributed by atoms with Crippen molar-refractivity contribution < 1.29 is 0 Å². The first kappa shape index (κ1) is 14.5. The molecule has 2 aliphatic carbocycles. The van der Waals surface area contributed by atoms with Gasteiger partial charge in [-0.25, -0.2) is 0 Å². The fourth-order valence-electron chi connectivity index (χ4n) is 2.91. The highest BCUT2D eigenvalue weighted by atomic mass is 14.2. The fourth-order valence-corrected chi connectivity index (χ4v) is 2.91. The van der Waals surface area contributed by atoms with Crippen LogP contribution in [0.1, 0.15) is 0 Å². The lowest BCUT2D eigenvalue weighted by molar-refractivity contribution is 1.52. The Labute approximate surface area is 143 Å². The molecule has 0 N–H and O–H groups in total. The lowest BCUT2D eigenvalue weighted by Crippen LogP contribution is -1.94. The summed E-state index contributed by atoms with van der Waals surface area (Å²) in [4.78, 5) is 0. The molecule has 5 rings (SSSR count). The summed E-state index contributed by atoms with van der Waals surface area (Å²) in [5.41, 5.74) is 8.12. The zero-order valence-electron chi connectivity index (χ0n) is 13.4. The molecule has 2 aliphatic rings. The molecule has 114 valence electrons. The van der Waals surface area contributed by atoms with Crippen molar-refractivity contribution >= 4 is 0 Å². The number of fused-ring (bicyclic) bond motifs is 1. The van der Waals surface area contributed by atoms with Crippen LogP contribution in [0.15, 0.2) is 109 Å². The van der Waals surface area contributed by atoms with Gasteiger partial charge in [-0.1, -0.05) is 103 Å². The van der Waals surface area contributed by atoms with Crippen molar-refractivity contribution in [3.8, 4) is 33.4 Å². The summed E-state index contributed by atoms with van der Waals surface area (Å²) in [6, 6.07) is 37.9. The van der Waals surface area contributed by atoms with E-state index in [-0.39, 0.29) is 0 Å². The van der Waals surface area contributed by atoms with Gasteiger partial charge in [-0.2, -0.15) is 0 Å². The summed E-state index contributed by atoms with van der Waals surface area (Å²) < 4.78 is 0. The van der Waals surface area contributed by atoms with Gasteiger partial charge in [0.15, 0.2) is 0 Å². The summed E-state index contributed by atoms with van der Waals surface area (Å²) in [6.45, 7) is 0. The second-order valence-corrected chi connectivity index (χ2v) is 5.86. The van der Waals surface area contributed by atoms with Crippen molar-refractivity contribution in [2.45, 2.75) is 0 Å². The van der Waals surface area contributed by atoms with Gasteiger partial charge < -0.3 is 0 Å². The average molecular weight is 306 g/mol. The molecule has 3 aromatic rings. The third-order valence-electron chi connectivity index (χ3n) is 4.30. The maximum Gasteiger partial charge on any atom is -0.00992 e. The molecule has 3 aromatic carbocycles. The Kier molecular flexibility index (Phi) is 3.95. The Hall–Kier alpha value is -3.12. The highest BCUT2D eigenvalue weighted by Crippen LogP contribution is 2.42. The van der Waals surface area contributed by atoms with E-state index in [1.165, 1.54) is 33.4 Å². The van der Waals surface area contributed by atoms with Crippen LogP contribution >= 0.6 is 0 Å². The van der Waals surface area contributed by atoms with Crippen LogP contribution < -0.4 is 0 Å². The second kappa shape index (κ2) is 6.55. The molecule has 0 bridgehead atoms. The molecular weight excluding hydrogens is 288 g/mol. The van der Waals surface area contributed by atoms with E-state index in [9.17, 15) is 0 Å². The quantitative estimate of drug-likeness (QED) is 0.341. The Bertz CT molecular complexity index is 825. The van der Waals surface area contributed by atoms with Gasteiger partial charge in [0.05, 0.1) is 0 Å². The van der Waals surface area contributed by atoms with Gasteiger partial charge in [-0.05, 0) is 39.4 Å². The molecule has 24 heavy (non-hydrogen) atoms. The zero-order valence-corrected chi connectivity index (χ0v) is 13.4. The average Bonchev–Trinajstić information content (AvgIpc) is 2.67. The molecule has 0 saturated heterocycles. The molecule has 0 heterocycles. The van der Waals surface area contributed by atoms with Crippen LogP contribution in [0.5, 0.6) is 0 Å². The highest BCUT2D eigenvalue weighted by molar-refractivity contribution is 5.95.